The van der Waals surface area contributed by atoms with Gasteiger partial charge < -0.3 is 10.1 Å². The maximum atomic E-state index is 6.39. The summed E-state index contributed by atoms with van der Waals surface area (Å²) >= 11 is 0. The van der Waals surface area contributed by atoms with Gasteiger partial charge in [-0.3, -0.25) is 0 Å². The molecule has 1 aliphatic carbocycles. The van der Waals surface area contributed by atoms with Gasteiger partial charge in [-0.15, -0.1) is 0 Å². The van der Waals surface area contributed by atoms with Crippen LogP contribution in [0.15, 0.2) is 0 Å². The largest absolute Gasteiger partial charge is 0.376 e. The number of ether oxygens (including phenoxy) is 1. The lowest BCUT2D eigenvalue weighted by atomic mass is 9.75. The number of hydrogen-bond acceptors (Lipinski definition) is 2. The van der Waals surface area contributed by atoms with Crippen LogP contribution >= 0.6 is 0 Å². The average Bonchev–Trinajstić information content (AvgIpc) is 2.38. The first kappa shape index (κ1) is 18.0. The summed E-state index contributed by atoms with van der Waals surface area (Å²) in [6.45, 7) is 15.9. The van der Waals surface area contributed by atoms with Gasteiger partial charge in [0, 0.05) is 6.04 Å². The highest BCUT2D eigenvalue weighted by Gasteiger charge is 2.31. The van der Waals surface area contributed by atoms with Crippen LogP contribution in [0.25, 0.3) is 0 Å². The molecule has 1 N–H and O–H groups in total. The molecule has 0 radical (unpaired) electrons. The van der Waals surface area contributed by atoms with Crippen molar-refractivity contribution in [3.05, 3.63) is 0 Å². The lowest BCUT2D eigenvalue weighted by Crippen LogP contribution is -2.42. The molecule has 0 aliphatic heterocycles. The van der Waals surface area contributed by atoms with Gasteiger partial charge in [0.15, 0.2) is 0 Å². The average molecular weight is 284 g/mol. The molecule has 0 aromatic heterocycles. The normalized spacial score (nSPS) is 29.1. The molecule has 0 saturated heterocycles. The van der Waals surface area contributed by atoms with Crippen molar-refractivity contribution in [2.75, 3.05) is 13.2 Å². The van der Waals surface area contributed by atoms with Crippen molar-refractivity contribution in [1.29, 1.82) is 0 Å². The van der Waals surface area contributed by atoms with Crippen LogP contribution in [0, 0.1) is 23.7 Å². The second-order valence-electron chi connectivity index (χ2n) is 7.50. The van der Waals surface area contributed by atoms with Crippen LogP contribution in [-0.2, 0) is 4.74 Å². The van der Waals surface area contributed by atoms with Crippen molar-refractivity contribution < 1.29 is 4.74 Å². The Kier molecular flexibility index (Phi) is 8.13. The molecule has 0 bridgehead atoms. The fourth-order valence-electron chi connectivity index (χ4n) is 3.35. The summed E-state index contributed by atoms with van der Waals surface area (Å²) in [5.41, 5.74) is 0. The Hall–Kier alpha value is -0.0800. The zero-order chi connectivity index (χ0) is 15.1. The fourth-order valence-corrected chi connectivity index (χ4v) is 3.35. The summed E-state index contributed by atoms with van der Waals surface area (Å²) < 4.78 is 6.39. The molecule has 4 atom stereocenters. The van der Waals surface area contributed by atoms with Crippen LogP contribution in [0.4, 0.5) is 0 Å². The van der Waals surface area contributed by atoms with Crippen LogP contribution in [-0.4, -0.2) is 25.3 Å². The first-order valence-electron chi connectivity index (χ1n) is 8.80. The van der Waals surface area contributed by atoms with Gasteiger partial charge in [-0.25, -0.2) is 0 Å². The van der Waals surface area contributed by atoms with E-state index in [1.807, 2.05) is 0 Å². The molecule has 0 amide bonds. The molecular weight excluding hydrogens is 246 g/mol. The lowest BCUT2D eigenvalue weighted by Gasteiger charge is -2.38. The molecule has 0 heterocycles. The Labute approximate surface area is 127 Å². The number of rotatable bonds is 8. The minimum Gasteiger partial charge on any atom is -0.376 e. The van der Waals surface area contributed by atoms with Crippen molar-refractivity contribution in [3.8, 4) is 0 Å². The molecule has 120 valence electrons. The van der Waals surface area contributed by atoms with Gasteiger partial charge in [-0.2, -0.15) is 0 Å². The predicted octanol–water partition coefficient (Wildman–Crippen LogP) is 4.49. The minimum atomic E-state index is 0.475. The van der Waals surface area contributed by atoms with Gasteiger partial charge in [-0.1, -0.05) is 48.0 Å². The molecule has 1 saturated carbocycles. The Morgan fingerprint density at radius 3 is 2.40 bits per heavy atom. The summed E-state index contributed by atoms with van der Waals surface area (Å²) in [6.07, 6.45) is 5.64. The van der Waals surface area contributed by atoms with Crippen molar-refractivity contribution in [2.45, 2.75) is 79.4 Å². The van der Waals surface area contributed by atoms with E-state index >= 15 is 0 Å². The standard InChI is InChI=1S/C18H37NO/c1-7-10-19-17(14(4)5)12-20-18-11-15(6)8-9-16(18)13(2)3/h13-19H,7-12H2,1-6H3. The van der Waals surface area contributed by atoms with E-state index in [9.17, 15) is 0 Å². The molecule has 0 spiro atoms. The van der Waals surface area contributed by atoms with E-state index in [0.29, 0.717) is 18.1 Å². The predicted molar refractivity (Wildman–Crippen MR) is 88.0 cm³/mol. The van der Waals surface area contributed by atoms with Crippen LogP contribution in [0.1, 0.15) is 67.2 Å². The summed E-state index contributed by atoms with van der Waals surface area (Å²) in [6, 6.07) is 0.500. The zero-order valence-corrected chi connectivity index (χ0v) is 14.6. The van der Waals surface area contributed by atoms with Crippen molar-refractivity contribution >= 4 is 0 Å². The van der Waals surface area contributed by atoms with Crippen LogP contribution < -0.4 is 5.32 Å². The molecule has 2 nitrogen and oxygen atoms in total. The maximum absolute atomic E-state index is 6.39. The molecule has 1 aliphatic rings. The third-order valence-electron chi connectivity index (χ3n) is 4.91. The van der Waals surface area contributed by atoms with E-state index in [2.05, 4.69) is 46.9 Å². The topological polar surface area (TPSA) is 21.3 Å². The van der Waals surface area contributed by atoms with Gasteiger partial charge in [0.1, 0.15) is 0 Å². The summed E-state index contributed by atoms with van der Waals surface area (Å²) in [5, 5.41) is 3.64. The Morgan fingerprint density at radius 2 is 1.85 bits per heavy atom. The van der Waals surface area contributed by atoms with Crippen LogP contribution in [0.2, 0.25) is 0 Å². The second kappa shape index (κ2) is 9.04. The van der Waals surface area contributed by atoms with Gasteiger partial charge in [0.25, 0.3) is 0 Å². The second-order valence-corrected chi connectivity index (χ2v) is 7.50. The minimum absolute atomic E-state index is 0.475. The molecule has 4 unspecified atom stereocenters. The lowest BCUT2D eigenvalue weighted by molar-refractivity contribution is -0.0495. The summed E-state index contributed by atoms with van der Waals surface area (Å²) in [5.74, 6) is 2.97. The van der Waals surface area contributed by atoms with Gasteiger partial charge >= 0.3 is 0 Å². The maximum Gasteiger partial charge on any atom is 0.0626 e. The fraction of sp³-hybridized carbons (Fsp3) is 1.00. The Morgan fingerprint density at radius 1 is 1.15 bits per heavy atom. The van der Waals surface area contributed by atoms with E-state index in [-0.39, 0.29) is 0 Å². The van der Waals surface area contributed by atoms with Gasteiger partial charge in [-0.05, 0) is 49.5 Å². The Balaban J connectivity index is 2.49. The zero-order valence-electron chi connectivity index (χ0n) is 14.6. The quantitative estimate of drug-likeness (QED) is 0.709. The first-order chi connectivity index (χ1) is 9.45. The van der Waals surface area contributed by atoms with Crippen molar-refractivity contribution in [3.63, 3.8) is 0 Å². The third kappa shape index (κ3) is 5.73. The van der Waals surface area contributed by atoms with Crippen LogP contribution in [0.3, 0.4) is 0 Å². The summed E-state index contributed by atoms with van der Waals surface area (Å²) in [4.78, 5) is 0. The third-order valence-corrected chi connectivity index (χ3v) is 4.91. The SMILES string of the molecule is CCCNC(COC1CC(C)CCC1C(C)C)C(C)C. The van der Waals surface area contributed by atoms with Crippen molar-refractivity contribution in [2.24, 2.45) is 23.7 Å². The molecule has 0 aromatic rings. The smallest absolute Gasteiger partial charge is 0.0626 e. The number of hydrogen-bond donors (Lipinski definition) is 1. The Bertz CT molecular complexity index is 252. The highest BCUT2D eigenvalue weighted by Crippen LogP contribution is 2.35. The first-order valence-corrected chi connectivity index (χ1v) is 8.80. The molecule has 0 aromatic carbocycles. The van der Waals surface area contributed by atoms with Crippen molar-refractivity contribution in [1.82, 2.24) is 5.32 Å². The van der Waals surface area contributed by atoms with Gasteiger partial charge in [0.2, 0.25) is 0 Å². The monoisotopic (exact) mass is 283 g/mol. The van der Waals surface area contributed by atoms with E-state index < -0.39 is 0 Å². The molecule has 20 heavy (non-hydrogen) atoms. The molecule has 1 fully saturated rings. The van der Waals surface area contributed by atoms with Gasteiger partial charge in [0.05, 0.1) is 12.7 Å². The van der Waals surface area contributed by atoms with E-state index in [4.69, 9.17) is 4.74 Å². The highest BCUT2D eigenvalue weighted by atomic mass is 16.5. The molecule has 2 heteroatoms. The van der Waals surface area contributed by atoms with Crippen LogP contribution in [0.5, 0.6) is 0 Å². The van der Waals surface area contributed by atoms with E-state index in [0.717, 1.165) is 30.9 Å². The highest BCUT2D eigenvalue weighted by molar-refractivity contribution is 4.82. The number of nitrogens with one attached hydrogen (secondary N) is 1. The van der Waals surface area contributed by atoms with E-state index in [1.165, 1.54) is 25.7 Å². The molecular formula is C18H37NO. The molecule has 1 rings (SSSR count). The van der Waals surface area contributed by atoms with E-state index in [1.54, 1.807) is 0 Å². The summed E-state index contributed by atoms with van der Waals surface area (Å²) in [7, 11) is 0.